The van der Waals surface area contributed by atoms with E-state index in [0.717, 1.165) is 22.8 Å². The van der Waals surface area contributed by atoms with Gasteiger partial charge in [0.2, 0.25) is 0 Å². The molecule has 0 N–H and O–H groups in total. The van der Waals surface area contributed by atoms with Crippen LogP contribution in [0.3, 0.4) is 0 Å². The van der Waals surface area contributed by atoms with Crippen LogP contribution in [-0.4, -0.2) is 11.5 Å². The first-order valence-corrected chi connectivity index (χ1v) is 6.76. The van der Waals surface area contributed by atoms with Crippen LogP contribution in [0.25, 0.3) is 0 Å². The lowest BCUT2D eigenvalue weighted by molar-refractivity contribution is -0.137. The smallest absolute Gasteiger partial charge is 0.295 e. The van der Waals surface area contributed by atoms with Crippen molar-refractivity contribution in [2.75, 3.05) is 5.75 Å². The molecule has 1 unspecified atom stereocenters. The van der Waals surface area contributed by atoms with Gasteiger partial charge in [-0.15, -0.1) is 11.8 Å². The Hall–Kier alpha value is -1.23. The lowest BCUT2D eigenvalue weighted by atomic mass is 10.2. The second-order valence-corrected chi connectivity index (χ2v) is 5.37. The van der Waals surface area contributed by atoms with E-state index in [0.29, 0.717) is 0 Å². The molecule has 5 heteroatoms. The molecule has 0 spiro atoms. The Labute approximate surface area is 114 Å². The van der Waals surface area contributed by atoms with Crippen LogP contribution in [0.2, 0.25) is 0 Å². The van der Waals surface area contributed by atoms with E-state index in [4.69, 9.17) is 0 Å². The number of ketones is 1. The molecule has 0 bridgehead atoms. The highest BCUT2D eigenvalue weighted by atomic mass is 32.2. The van der Waals surface area contributed by atoms with E-state index in [1.807, 2.05) is 6.92 Å². The Bertz CT molecular complexity index is 449. The molecule has 0 heterocycles. The van der Waals surface area contributed by atoms with Gasteiger partial charge in [0.25, 0.3) is 0 Å². The van der Waals surface area contributed by atoms with Crippen molar-refractivity contribution in [3.8, 4) is 0 Å². The van der Waals surface area contributed by atoms with E-state index in [1.54, 1.807) is 6.08 Å². The molecule has 0 aromatic heterocycles. The van der Waals surface area contributed by atoms with Gasteiger partial charge in [-0.25, -0.2) is 0 Å². The number of hydrogen-bond acceptors (Lipinski definition) is 2. The van der Waals surface area contributed by atoms with E-state index in [9.17, 15) is 18.0 Å². The second-order valence-electron chi connectivity index (χ2n) is 4.28. The van der Waals surface area contributed by atoms with Gasteiger partial charge in [0, 0.05) is 10.6 Å². The van der Waals surface area contributed by atoms with Crippen LogP contribution in [0.15, 0.2) is 41.3 Å². The molecule has 1 rings (SSSR count). The van der Waals surface area contributed by atoms with Crippen molar-refractivity contribution in [1.82, 2.24) is 0 Å². The molecule has 0 radical (unpaired) electrons. The normalized spacial score (nSPS) is 13.7. The molecular weight excluding hydrogens is 273 g/mol. The van der Waals surface area contributed by atoms with Gasteiger partial charge in [0.15, 0.2) is 5.78 Å². The molecule has 0 saturated carbocycles. The van der Waals surface area contributed by atoms with Gasteiger partial charge in [-0.2, -0.15) is 13.2 Å². The first-order chi connectivity index (χ1) is 8.79. The van der Waals surface area contributed by atoms with Crippen molar-refractivity contribution in [2.45, 2.75) is 24.9 Å². The minimum atomic E-state index is -4.29. The Balaban J connectivity index is 2.53. The molecule has 1 aromatic rings. The number of alkyl halides is 3. The summed E-state index contributed by atoms with van der Waals surface area (Å²) in [5.41, 5.74) is -0.638. The first-order valence-electron chi connectivity index (χ1n) is 5.78. The van der Waals surface area contributed by atoms with Crippen molar-refractivity contribution in [3.05, 3.63) is 42.0 Å². The number of benzene rings is 1. The van der Waals surface area contributed by atoms with Crippen LogP contribution >= 0.6 is 11.8 Å². The summed E-state index contributed by atoms with van der Waals surface area (Å²) in [6.07, 6.45) is -0.974. The lowest BCUT2D eigenvalue weighted by Gasteiger charge is -2.08. The van der Waals surface area contributed by atoms with Crippen molar-refractivity contribution < 1.29 is 18.0 Å². The molecule has 19 heavy (non-hydrogen) atoms. The van der Waals surface area contributed by atoms with E-state index in [-0.39, 0.29) is 11.7 Å². The van der Waals surface area contributed by atoms with E-state index >= 15 is 0 Å². The summed E-state index contributed by atoms with van der Waals surface area (Å²) in [4.78, 5) is 11.5. The van der Waals surface area contributed by atoms with Crippen LogP contribution in [0.1, 0.15) is 19.4 Å². The number of halogens is 3. The van der Waals surface area contributed by atoms with Crippen molar-refractivity contribution in [3.63, 3.8) is 0 Å². The number of rotatable bonds is 5. The SMILES string of the molecule is CC(=O)/C=C/C(C)CSc1ccc(C(F)(F)F)cc1. The number of carbonyl (C=O) groups excluding carboxylic acids is 1. The molecule has 0 aliphatic rings. The maximum atomic E-state index is 12.4. The lowest BCUT2D eigenvalue weighted by Crippen LogP contribution is -2.04. The van der Waals surface area contributed by atoms with Gasteiger partial charge in [-0.1, -0.05) is 13.0 Å². The highest BCUT2D eigenvalue weighted by Gasteiger charge is 2.29. The molecule has 1 aromatic carbocycles. The van der Waals surface area contributed by atoms with Crippen LogP contribution < -0.4 is 0 Å². The molecule has 0 aliphatic carbocycles. The maximum Gasteiger partial charge on any atom is 0.416 e. The van der Waals surface area contributed by atoms with Gasteiger partial charge in [-0.05, 0) is 43.2 Å². The number of allylic oxidation sites excluding steroid dienone is 2. The predicted octanol–water partition coefficient (Wildman–Crippen LogP) is 4.58. The monoisotopic (exact) mass is 288 g/mol. The van der Waals surface area contributed by atoms with Gasteiger partial charge < -0.3 is 0 Å². The van der Waals surface area contributed by atoms with Gasteiger partial charge >= 0.3 is 6.18 Å². The summed E-state index contributed by atoms with van der Waals surface area (Å²) in [7, 11) is 0. The summed E-state index contributed by atoms with van der Waals surface area (Å²) >= 11 is 1.47. The zero-order valence-electron chi connectivity index (χ0n) is 10.7. The van der Waals surface area contributed by atoms with E-state index < -0.39 is 11.7 Å². The molecular formula is C14H15F3OS. The molecule has 0 fully saturated rings. The quantitative estimate of drug-likeness (QED) is 0.583. The van der Waals surface area contributed by atoms with Crippen molar-refractivity contribution >= 4 is 17.5 Å². The molecule has 1 nitrogen and oxygen atoms in total. The molecule has 0 amide bonds. The van der Waals surface area contributed by atoms with Crippen LogP contribution in [0.4, 0.5) is 13.2 Å². The van der Waals surface area contributed by atoms with Gasteiger partial charge in [0.05, 0.1) is 5.56 Å². The number of carbonyl (C=O) groups is 1. The van der Waals surface area contributed by atoms with Gasteiger partial charge in [0.1, 0.15) is 0 Å². The fourth-order valence-corrected chi connectivity index (χ4v) is 2.22. The van der Waals surface area contributed by atoms with E-state index in [1.165, 1.54) is 36.9 Å². The summed E-state index contributed by atoms with van der Waals surface area (Å²) in [5.74, 6) is 0.900. The average molecular weight is 288 g/mol. The Morgan fingerprint density at radius 1 is 1.32 bits per heavy atom. The minimum absolute atomic E-state index is 0.00798. The maximum absolute atomic E-state index is 12.4. The average Bonchev–Trinajstić information content (AvgIpc) is 2.33. The number of thioether (sulfide) groups is 1. The third kappa shape index (κ3) is 5.96. The Morgan fingerprint density at radius 2 is 1.89 bits per heavy atom. The summed E-state index contributed by atoms with van der Waals surface area (Å²) in [6, 6.07) is 5.10. The zero-order valence-corrected chi connectivity index (χ0v) is 11.5. The van der Waals surface area contributed by atoms with Crippen molar-refractivity contribution in [1.29, 1.82) is 0 Å². The highest BCUT2D eigenvalue weighted by Crippen LogP contribution is 2.31. The van der Waals surface area contributed by atoms with Crippen molar-refractivity contribution in [2.24, 2.45) is 5.92 Å². The zero-order chi connectivity index (χ0) is 14.5. The molecule has 0 aliphatic heterocycles. The molecule has 0 saturated heterocycles. The minimum Gasteiger partial charge on any atom is -0.295 e. The molecule has 104 valence electrons. The predicted molar refractivity (Wildman–Crippen MR) is 71.2 cm³/mol. The topological polar surface area (TPSA) is 17.1 Å². The second kappa shape index (κ2) is 6.80. The fourth-order valence-electron chi connectivity index (χ4n) is 1.32. The highest BCUT2D eigenvalue weighted by molar-refractivity contribution is 7.99. The third-order valence-corrected chi connectivity index (χ3v) is 3.65. The number of hydrogen-bond donors (Lipinski definition) is 0. The molecule has 1 atom stereocenters. The van der Waals surface area contributed by atoms with Gasteiger partial charge in [-0.3, -0.25) is 4.79 Å². The fraction of sp³-hybridized carbons (Fsp3) is 0.357. The first kappa shape index (κ1) is 15.8. The Morgan fingerprint density at radius 3 is 2.37 bits per heavy atom. The summed E-state index contributed by atoms with van der Waals surface area (Å²) in [6.45, 7) is 3.43. The largest absolute Gasteiger partial charge is 0.416 e. The summed E-state index contributed by atoms with van der Waals surface area (Å²) in [5, 5.41) is 0. The van der Waals surface area contributed by atoms with Crippen LogP contribution in [0, 0.1) is 5.92 Å². The van der Waals surface area contributed by atoms with Crippen LogP contribution in [-0.2, 0) is 11.0 Å². The van der Waals surface area contributed by atoms with Crippen LogP contribution in [0.5, 0.6) is 0 Å². The Kier molecular flexibility index (Phi) is 5.66. The van der Waals surface area contributed by atoms with E-state index in [2.05, 4.69) is 0 Å². The summed E-state index contributed by atoms with van der Waals surface area (Å²) < 4.78 is 37.1. The third-order valence-electron chi connectivity index (χ3n) is 2.35. The standard InChI is InChI=1S/C14H15F3OS/c1-10(3-4-11(2)18)9-19-13-7-5-12(6-8-13)14(15,16)17/h3-8,10H,9H2,1-2H3/b4-3+.